The van der Waals surface area contributed by atoms with Crippen molar-refractivity contribution in [3.63, 3.8) is 0 Å². The molecule has 0 atom stereocenters. The van der Waals surface area contributed by atoms with Crippen molar-refractivity contribution in [3.05, 3.63) is 27.7 Å². The summed E-state index contributed by atoms with van der Waals surface area (Å²) in [7, 11) is -3.49. The molecule has 1 fully saturated rings. The van der Waals surface area contributed by atoms with Gasteiger partial charge in [-0.05, 0) is 58.3 Å². The van der Waals surface area contributed by atoms with Gasteiger partial charge in [-0.2, -0.15) is 4.31 Å². The van der Waals surface area contributed by atoms with Crippen LogP contribution in [0, 0.1) is 12.3 Å². The van der Waals surface area contributed by atoms with Crippen LogP contribution in [0.25, 0.3) is 0 Å². The Bertz CT molecular complexity index is 643. The molecule has 1 aliphatic heterocycles. The van der Waals surface area contributed by atoms with Crippen LogP contribution in [0.3, 0.4) is 0 Å². The second-order valence-electron chi connectivity index (χ2n) is 6.46. The SMILES string of the molecule is Cc1cc(CCl)cc(S(=O)(=O)N2CCCC(C)(C)C2)c1Br. The standard InChI is InChI=1S/C15H21BrClNO2S/c1-11-7-12(9-17)8-13(14(11)16)21(19,20)18-6-4-5-15(2,3)10-18/h7-8H,4-6,9-10H2,1-3H3. The number of alkyl halides is 1. The summed E-state index contributed by atoms with van der Waals surface area (Å²) in [5.41, 5.74) is 1.74. The van der Waals surface area contributed by atoms with Gasteiger partial charge < -0.3 is 0 Å². The highest BCUT2D eigenvalue weighted by molar-refractivity contribution is 9.10. The fourth-order valence-electron chi connectivity index (χ4n) is 2.79. The average molecular weight is 395 g/mol. The zero-order chi connectivity index (χ0) is 15.8. The van der Waals surface area contributed by atoms with Crippen LogP contribution >= 0.6 is 27.5 Å². The molecule has 1 aromatic rings. The summed E-state index contributed by atoms with van der Waals surface area (Å²) in [5.74, 6) is 0.308. The number of hydrogen-bond acceptors (Lipinski definition) is 2. The Labute approximate surface area is 140 Å². The summed E-state index contributed by atoms with van der Waals surface area (Å²) >= 11 is 9.31. The van der Waals surface area contributed by atoms with Crippen LogP contribution in [0.2, 0.25) is 0 Å². The topological polar surface area (TPSA) is 37.4 Å². The largest absolute Gasteiger partial charge is 0.244 e. The van der Waals surface area contributed by atoms with Crippen LogP contribution in [-0.2, 0) is 15.9 Å². The van der Waals surface area contributed by atoms with Crippen LogP contribution < -0.4 is 0 Å². The van der Waals surface area contributed by atoms with E-state index in [1.165, 1.54) is 0 Å². The third-order valence-corrected chi connectivity index (χ3v) is 7.41. The lowest BCUT2D eigenvalue weighted by Gasteiger charge is -2.37. The number of sulfonamides is 1. The molecule has 0 N–H and O–H groups in total. The van der Waals surface area contributed by atoms with Gasteiger partial charge in [0.2, 0.25) is 10.0 Å². The Balaban J connectivity index is 2.47. The summed E-state index contributed by atoms with van der Waals surface area (Å²) < 4.78 is 28.2. The summed E-state index contributed by atoms with van der Waals surface area (Å²) in [4.78, 5) is 0.329. The maximum Gasteiger partial charge on any atom is 0.244 e. The van der Waals surface area contributed by atoms with Gasteiger partial charge in [-0.25, -0.2) is 8.42 Å². The molecule has 1 aromatic carbocycles. The van der Waals surface area contributed by atoms with Crippen LogP contribution in [0.4, 0.5) is 0 Å². The molecule has 0 aromatic heterocycles. The smallest absolute Gasteiger partial charge is 0.207 e. The molecule has 0 bridgehead atoms. The van der Waals surface area contributed by atoms with E-state index in [0.717, 1.165) is 24.0 Å². The second kappa shape index (κ2) is 6.19. The molecule has 3 nitrogen and oxygen atoms in total. The molecule has 2 rings (SSSR count). The summed E-state index contributed by atoms with van der Waals surface area (Å²) in [6.07, 6.45) is 1.96. The normalized spacial score (nSPS) is 19.7. The minimum absolute atomic E-state index is 0.0247. The number of hydrogen-bond donors (Lipinski definition) is 0. The third-order valence-electron chi connectivity index (χ3n) is 3.92. The van der Waals surface area contributed by atoms with Crippen molar-refractivity contribution in [2.45, 2.75) is 44.4 Å². The fourth-order valence-corrected chi connectivity index (χ4v) is 5.64. The minimum atomic E-state index is -3.49. The van der Waals surface area contributed by atoms with Crippen molar-refractivity contribution in [1.82, 2.24) is 4.31 Å². The summed E-state index contributed by atoms with van der Waals surface area (Å²) in [6, 6.07) is 3.59. The van der Waals surface area contributed by atoms with Gasteiger partial charge in [-0.3, -0.25) is 0 Å². The van der Waals surface area contributed by atoms with Crippen molar-refractivity contribution < 1.29 is 8.42 Å². The van der Waals surface area contributed by atoms with E-state index >= 15 is 0 Å². The van der Waals surface area contributed by atoms with Gasteiger partial charge in [0.05, 0.1) is 4.90 Å². The molecule has 1 aliphatic rings. The zero-order valence-corrected chi connectivity index (χ0v) is 15.8. The Hall–Kier alpha value is -0.100. The van der Waals surface area contributed by atoms with Gasteiger partial charge in [0.25, 0.3) is 0 Å². The van der Waals surface area contributed by atoms with Gasteiger partial charge >= 0.3 is 0 Å². The van der Waals surface area contributed by atoms with E-state index in [9.17, 15) is 8.42 Å². The number of nitrogens with zero attached hydrogens (tertiary/aromatic N) is 1. The number of piperidine rings is 1. The zero-order valence-electron chi connectivity index (χ0n) is 12.6. The van der Waals surface area contributed by atoms with Crippen LogP contribution in [0.1, 0.15) is 37.8 Å². The van der Waals surface area contributed by atoms with Crippen molar-refractivity contribution >= 4 is 37.6 Å². The van der Waals surface area contributed by atoms with Crippen LogP contribution in [0.15, 0.2) is 21.5 Å². The van der Waals surface area contributed by atoms with Gasteiger partial charge in [-0.1, -0.05) is 19.9 Å². The first-order valence-electron chi connectivity index (χ1n) is 7.02. The first kappa shape index (κ1) is 17.3. The lowest BCUT2D eigenvalue weighted by atomic mass is 9.85. The van der Waals surface area contributed by atoms with Crippen LogP contribution in [-0.4, -0.2) is 25.8 Å². The van der Waals surface area contributed by atoms with Gasteiger partial charge in [0, 0.05) is 23.4 Å². The molecule has 0 aliphatic carbocycles. The Morgan fingerprint density at radius 3 is 2.62 bits per heavy atom. The molecule has 0 saturated carbocycles. The van der Waals surface area contributed by atoms with Crippen molar-refractivity contribution in [3.8, 4) is 0 Å². The summed E-state index contributed by atoms with van der Waals surface area (Å²) in [6.45, 7) is 7.27. The lowest BCUT2D eigenvalue weighted by Crippen LogP contribution is -2.43. The van der Waals surface area contributed by atoms with E-state index in [-0.39, 0.29) is 5.41 Å². The highest BCUT2D eigenvalue weighted by Gasteiger charge is 2.35. The van der Waals surface area contributed by atoms with Crippen LogP contribution in [0.5, 0.6) is 0 Å². The number of aryl methyl sites for hydroxylation is 1. The first-order valence-corrected chi connectivity index (χ1v) is 9.79. The molecule has 1 heterocycles. The number of halogens is 2. The monoisotopic (exact) mass is 393 g/mol. The van der Waals surface area contributed by atoms with E-state index in [2.05, 4.69) is 29.8 Å². The highest BCUT2D eigenvalue weighted by Crippen LogP contribution is 2.35. The molecule has 0 amide bonds. The quantitative estimate of drug-likeness (QED) is 0.716. The van der Waals surface area contributed by atoms with E-state index in [4.69, 9.17) is 11.6 Å². The minimum Gasteiger partial charge on any atom is -0.207 e. The molecular weight excluding hydrogens is 374 g/mol. The van der Waals surface area contributed by atoms with E-state index in [1.54, 1.807) is 10.4 Å². The number of rotatable bonds is 3. The molecule has 1 saturated heterocycles. The predicted molar refractivity (Wildman–Crippen MR) is 90.2 cm³/mol. The van der Waals surface area contributed by atoms with Crippen molar-refractivity contribution in [1.29, 1.82) is 0 Å². The first-order chi connectivity index (χ1) is 9.67. The Morgan fingerprint density at radius 1 is 1.38 bits per heavy atom. The molecule has 0 spiro atoms. The van der Waals surface area contributed by atoms with E-state index in [0.29, 0.717) is 28.3 Å². The predicted octanol–water partition coefficient (Wildman–Crippen LogP) is 4.31. The van der Waals surface area contributed by atoms with Gasteiger partial charge in [-0.15, -0.1) is 11.6 Å². The summed E-state index contributed by atoms with van der Waals surface area (Å²) in [5, 5.41) is 0. The number of benzene rings is 1. The van der Waals surface area contributed by atoms with Gasteiger partial charge in [0.1, 0.15) is 0 Å². The molecule has 118 valence electrons. The van der Waals surface area contributed by atoms with E-state index < -0.39 is 10.0 Å². The highest BCUT2D eigenvalue weighted by atomic mass is 79.9. The average Bonchev–Trinajstić information content (AvgIpc) is 2.40. The maximum atomic E-state index is 13.0. The third kappa shape index (κ3) is 3.63. The van der Waals surface area contributed by atoms with Gasteiger partial charge in [0.15, 0.2) is 0 Å². The molecule has 21 heavy (non-hydrogen) atoms. The van der Waals surface area contributed by atoms with Crippen molar-refractivity contribution in [2.75, 3.05) is 13.1 Å². The fraction of sp³-hybridized carbons (Fsp3) is 0.600. The Kier molecular flexibility index (Phi) is 5.08. The van der Waals surface area contributed by atoms with E-state index in [1.807, 2.05) is 13.0 Å². The molecular formula is C15H21BrClNO2S. The maximum absolute atomic E-state index is 13.0. The Morgan fingerprint density at radius 2 is 2.05 bits per heavy atom. The molecule has 6 heteroatoms. The van der Waals surface area contributed by atoms with Crippen molar-refractivity contribution in [2.24, 2.45) is 5.41 Å². The second-order valence-corrected chi connectivity index (χ2v) is 9.43. The molecule has 0 unspecified atom stereocenters. The molecule has 0 radical (unpaired) electrons. The lowest BCUT2D eigenvalue weighted by molar-refractivity contribution is 0.187.